The first kappa shape index (κ1) is 19.6. The summed E-state index contributed by atoms with van der Waals surface area (Å²) >= 11 is 0. The molecule has 8 heteroatoms. The number of carbonyl (C=O) groups excluding carboxylic acids is 1. The van der Waals surface area contributed by atoms with Gasteiger partial charge in [0.25, 0.3) is 0 Å². The van der Waals surface area contributed by atoms with Crippen molar-refractivity contribution in [1.29, 1.82) is 0 Å². The number of rotatable bonds is 9. The lowest BCUT2D eigenvalue weighted by Crippen LogP contribution is -2.41. The van der Waals surface area contributed by atoms with Crippen molar-refractivity contribution in [3.63, 3.8) is 0 Å². The number of alkyl carbamates (subject to hydrolysis) is 1. The number of carbonyl (C=O) groups is 1. The third kappa shape index (κ3) is 6.31. The summed E-state index contributed by atoms with van der Waals surface area (Å²) in [5, 5.41) is 12.6. The molecule has 2 atom stereocenters. The van der Waals surface area contributed by atoms with Gasteiger partial charge in [0.1, 0.15) is 6.61 Å². The lowest BCUT2D eigenvalue weighted by molar-refractivity contribution is 0.110. The highest BCUT2D eigenvalue weighted by atomic mass is 31.2. The summed E-state index contributed by atoms with van der Waals surface area (Å²) < 4.78 is 27.6. The molecule has 0 fully saturated rings. The van der Waals surface area contributed by atoms with E-state index in [-0.39, 0.29) is 19.8 Å². The largest absolute Gasteiger partial charge is 0.445 e. The number of benzene rings is 1. The fourth-order valence-corrected chi connectivity index (χ4v) is 3.57. The van der Waals surface area contributed by atoms with Crippen LogP contribution in [0.3, 0.4) is 0 Å². The molecule has 1 rings (SSSR count). The molecule has 23 heavy (non-hydrogen) atoms. The fourth-order valence-electron chi connectivity index (χ4n) is 1.85. The van der Waals surface area contributed by atoms with Gasteiger partial charge in [-0.1, -0.05) is 30.3 Å². The Morgan fingerprint density at radius 1 is 1.22 bits per heavy atom. The van der Waals surface area contributed by atoms with E-state index in [4.69, 9.17) is 13.8 Å². The zero-order chi connectivity index (χ0) is 17.3. The van der Waals surface area contributed by atoms with Gasteiger partial charge in [-0.25, -0.2) is 4.79 Å². The Morgan fingerprint density at radius 2 is 1.78 bits per heavy atom. The second kappa shape index (κ2) is 9.67. The average molecular weight is 345 g/mol. The van der Waals surface area contributed by atoms with Crippen LogP contribution in [0.1, 0.15) is 26.3 Å². The van der Waals surface area contributed by atoms with Crippen LogP contribution in [-0.4, -0.2) is 36.3 Å². The van der Waals surface area contributed by atoms with Gasteiger partial charge >= 0.3 is 13.7 Å². The van der Waals surface area contributed by atoms with E-state index in [1.807, 2.05) is 30.3 Å². The van der Waals surface area contributed by atoms with Gasteiger partial charge in [-0.2, -0.15) is 0 Å². The van der Waals surface area contributed by atoms with E-state index in [9.17, 15) is 14.5 Å². The summed E-state index contributed by atoms with van der Waals surface area (Å²) in [6.45, 7) is 5.14. The first-order chi connectivity index (χ1) is 10.9. The Kier molecular flexibility index (Phi) is 8.26. The van der Waals surface area contributed by atoms with Crippen LogP contribution in [0, 0.1) is 0 Å². The molecule has 0 radical (unpaired) electrons. The summed E-state index contributed by atoms with van der Waals surface area (Å²) in [5.74, 6) is -1.48. The molecule has 0 aliphatic carbocycles. The summed E-state index contributed by atoms with van der Waals surface area (Å²) in [6, 6.07) is 8.32. The quantitative estimate of drug-likeness (QED) is 0.668. The zero-order valence-electron chi connectivity index (χ0n) is 13.6. The molecule has 0 saturated carbocycles. The monoisotopic (exact) mass is 345 g/mol. The van der Waals surface area contributed by atoms with Gasteiger partial charge in [-0.3, -0.25) is 4.57 Å². The van der Waals surface area contributed by atoms with Crippen LogP contribution in [0.15, 0.2) is 30.3 Å². The zero-order valence-corrected chi connectivity index (χ0v) is 14.5. The van der Waals surface area contributed by atoms with E-state index in [1.165, 1.54) is 6.92 Å². The molecule has 0 saturated heterocycles. The van der Waals surface area contributed by atoms with Crippen molar-refractivity contribution in [2.75, 3.05) is 13.2 Å². The normalized spacial score (nSPS) is 14.1. The van der Waals surface area contributed by atoms with Crippen molar-refractivity contribution in [3.8, 4) is 0 Å². The first-order valence-corrected chi connectivity index (χ1v) is 9.08. The number of ether oxygens (including phenoxy) is 1. The van der Waals surface area contributed by atoms with Gasteiger partial charge < -0.3 is 24.2 Å². The third-order valence-corrected chi connectivity index (χ3v) is 5.28. The predicted molar refractivity (Wildman–Crippen MR) is 86.1 cm³/mol. The number of aliphatic hydroxyl groups is 1. The average Bonchev–Trinajstić information content (AvgIpc) is 2.53. The van der Waals surface area contributed by atoms with Gasteiger partial charge in [0, 0.05) is 0 Å². The Hall–Kier alpha value is -1.40. The van der Waals surface area contributed by atoms with Crippen molar-refractivity contribution in [1.82, 2.24) is 5.32 Å². The molecule has 0 unspecified atom stereocenters. The number of nitrogens with one attached hydrogen (secondary N) is 1. The summed E-state index contributed by atoms with van der Waals surface area (Å²) in [6.07, 6.45) is -0.722. The van der Waals surface area contributed by atoms with E-state index in [1.54, 1.807) is 13.8 Å². The Morgan fingerprint density at radius 3 is 2.30 bits per heavy atom. The maximum atomic E-state index is 12.4. The molecule has 0 heterocycles. The Labute approximate surface area is 136 Å². The molecule has 0 spiro atoms. The second-order valence-electron chi connectivity index (χ2n) is 4.78. The van der Waals surface area contributed by atoms with Gasteiger partial charge in [-0.15, -0.1) is 0 Å². The summed E-state index contributed by atoms with van der Waals surface area (Å²) in [7, 11) is -3.71. The van der Waals surface area contributed by atoms with E-state index in [0.717, 1.165) is 5.56 Å². The first-order valence-electron chi connectivity index (χ1n) is 7.47. The molecule has 7 nitrogen and oxygen atoms in total. The van der Waals surface area contributed by atoms with Crippen molar-refractivity contribution in [3.05, 3.63) is 35.9 Å². The highest BCUT2D eigenvalue weighted by Crippen LogP contribution is 2.52. The fraction of sp³-hybridized carbons (Fsp3) is 0.533. The maximum absolute atomic E-state index is 12.4. The van der Waals surface area contributed by atoms with E-state index in [0.29, 0.717) is 0 Å². The molecule has 0 aliphatic heterocycles. The van der Waals surface area contributed by atoms with Crippen molar-refractivity contribution >= 4 is 13.7 Å². The number of aliphatic hydroxyl groups excluding tert-OH is 1. The molecule has 1 aromatic rings. The number of amides is 1. The molecule has 2 N–H and O–H groups in total. The lowest BCUT2D eigenvalue weighted by atomic mass is 10.2. The Bertz CT molecular complexity index is 514. The van der Waals surface area contributed by atoms with E-state index in [2.05, 4.69) is 5.32 Å². The van der Waals surface area contributed by atoms with Crippen LogP contribution >= 0.6 is 7.60 Å². The standard InChI is InChI=1S/C15H24NO6P/c1-4-21-23(19,22-5-2)14(17)12(3)16-15(18)20-11-13-9-7-6-8-10-13/h6-10,12,14,17H,4-5,11H2,1-3H3,(H,16,18)/t12-,14+/m1/s1. The molecular formula is C15H24NO6P. The van der Waals surface area contributed by atoms with Crippen LogP contribution < -0.4 is 5.32 Å². The van der Waals surface area contributed by atoms with Gasteiger partial charge in [0.2, 0.25) is 0 Å². The van der Waals surface area contributed by atoms with Gasteiger partial charge in [0.15, 0.2) is 5.85 Å². The predicted octanol–water partition coefficient (Wildman–Crippen LogP) is 2.89. The molecule has 130 valence electrons. The van der Waals surface area contributed by atoms with Crippen LogP contribution in [0.5, 0.6) is 0 Å². The molecule has 0 aliphatic rings. The van der Waals surface area contributed by atoms with Crippen molar-refractivity contribution < 1.29 is 28.3 Å². The van der Waals surface area contributed by atoms with Crippen molar-refractivity contribution in [2.45, 2.75) is 39.3 Å². The van der Waals surface area contributed by atoms with E-state index >= 15 is 0 Å². The molecule has 0 aromatic heterocycles. The molecular weight excluding hydrogens is 321 g/mol. The minimum atomic E-state index is -3.71. The molecule has 1 amide bonds. The van der Waals surface area contributed by atoms with Gasteiger partial charge in [0.05, 0.1) is 19.3 Å². The second-order valence-corrected chi connectivity index (χ2v) is 6.91. The highest BCUT2D eigenvalue weighted by molar-refractivity contribution is 7.54. The smallest absolute Gasteiger partial charge is 0.407 e. The lowest BCUT2D eigenvalue weighted by Gasteiger charge is -2.26. The maximum Gasteiger partial charge on any atom is 0.407 e. The number of hydrogen-bond acceptors (Lipinski definition) is 6. The van der Waals surface area contributed by atoms with Crippen molar-refractivity contribution in [2.24, 2.45) is 0 Å². The SMILES string of the molecule is CCOP(=O)(OCC)[C@H](O)[C@@H](C)NC(=O)OCc1ccccc1. The highest BCUT2D eigenvalue weighted by Gasteiger charge is 2.38. The van der Waals surface area contributed by atoms with Crippen LogP contribution in [-0.2, 0) is 25.0 Å². The minimum Gasteiger partial charge on any atom is -0.445 e. The summed E-state index contributed by atoms with van der Waals surface area (Å²) in [5.41, 5.74) is 0.838. The molecule has 1 aromatic carbocycles. The summed E-state index contributed by atoms with van der Waals surface area (Å²) in [4.78, 5) is 11.8. The number of hydrogen-bond donors (Lipinski definition) is 2. The Balaban J connectivity index is 2.54. The van der Waals surface area contributed by atoms with Gasteiger partial charge in [-0.05, 0) is 26.3 Å². The van der Waals surface area contributed by atoms with Crippen LogP contribution in [0.4, 0.5) is 4.79 Å². The molecule has 0 bridgehead atoms. The third-order valence-electron chi connectivity index (χ3n) is 2.95. The van der Waals surface area contributed by atoms with Crippen LogP contribution in [0.25, 0.3) is 0 Å². The topological polar surface area (TPSA) is 94.1 Å². The van der Waals surface area contributed by atoms with Crippen LogP contribution in [0.2, 0.25) is 0 Å². The minimum absolute atomic E-state index is 0.101. The van der Waals surface area contributed by atoms with E-state index < -0.39 is 25.6 Å².